The van der Waals surface area contributed by atoms with Gasteiger partial charge >= 0.3 is 0 Å². The minimum atomic E-state index is -0.205. The van der Waals surface area contributed by atoms with Crippen LogP contribution in [0.15, 0.2) is 52.7 Å². The van der Waals surface area contributed by atoms with Crippen LogP contribution in [0, 0.1) is 13.8 Å². The monoisotopic (exact) mass is 411 g/mol. The molecule has 2 amide bonds. The standard InChI is InChI=1S/C21H21N3O2S2/c1-13-18(21(26)22-3)5-4-6-19(13)24-20(25)15-7-9-17(10-8-15)28-12-16-11-27-14(2)23-16/h4-11H,12H2,1-3H3,(H,22,26)(H,24,25). The van der Waals surface area contributed by atoms with Gasteiger partial charge in [0, 0.05) is 39.9 Å². The maximum Gasteiger partial charge on any atom is 0.255 e. The predicted molar refractivity (Wildman–Crippen MR) is 115 cm³/mol. The van der Waals surface area contributed by atoms with Crippen molar-refractivity contribution >= 4 is 40.6 Å². The number of aryl methyl sites for hydroxylation is 1. The minimum absolute atomic E-state index is 0.176. The zero-order valence-electron chi connectivity index (χ0n) is 15.9. The van der Waals surface area contributed by atoms with Crippen LogP contribution >= 0.6 is 23.1 Å². The van der Waals surface area contributed by atoms with Crippen molar-refractivity contribution in [2.24, 2.45) is 0 Å². The Balaban J connectivity index is 1.66. The summed E-state index contributed by atoms with van der Waals surface area (Å²) in [7, 11) is 1.59. The number of benzene rings is 2. The number of amides is 2. The zero-order chi connectivity index (χ0) is 20.1. The van der Waals surface area contributed by atoms with Crippen molar-refractivity contribution in [2.75, 3.05) is 12.4 Å². The highest BCUT2D eigenvalue weighted by atomic mass is 32.2. The van der Waals surface area contributed by atoms with Crippen molar-refractivity contribution in [1.29, 1.82) is 0 Å². The highest BCUT2D eigenvalue weighted by Gasteiger charge is 2.13. The number of thioether (sulfide) groups is 1. The van der Waals surface area contributed by atoms with Crippen molar-refractivity contribution in [2.45, 2.75) is 24.5 Å². The number of rotatable bonds is 6. The molecule has 1 heterocycles. The first-order chi connectivity index (χ1) is 13.5. The number of carbonyl (C=O) groups excluding carboxylic acids is 2. The SMILES string of the molecule is CNC(=O)c1cccc(NC(=O)c2ccc(SCc3csc(C)n3)cc2)c1C. The Labute approximate surface area is 172 Å². The van der Waals surface area contributed by atoms with Crippen LogP contribution in [0.5, 0.6) is 0 Å². The number of anilines is 1. The smallest absolute Gasteiger partial charge is 0.255 e. The number of hydrogen-bond acceptors (Lipinski definition) is 5. The van der Waals surface area contributed by atoms with Gasteiger partial charge in [0.2, 0.25) is 0 Å². The van der Waals surface area contributed by atoms with Crippen LogP contribution in [0.25, 0.3) is 0 Å². The molecule has 0 atom stereocenters. The fourth-order valence-corrected chi connectivity index (χ4v) is 4.19. The third-order valence-electron chi connectivity index (χ3n) is 4.22. The Bertz CT molecular complexity index is 997. The summed E-state index contributed by atoms with van der Waals surface area (Å²) in [6.45, 7) is 3.82. The maximum atomic E-state index is 12.6. The molecule has 0 saturated heterocycles. The van der Waals surface area contributed by atoms with Gasteiger partial charge in [0.05, 0.1) is 10.7 Å². The van der Waals surface area contributed by atoms with Crippen LogP contribution < -0.4 is 10.6 Å². The molecule has 0 aliphatic rings. The number of nitrogens with zero attached hydrogens (tertiary/aromatic N) is 1. The highest BCUT2D eigenvalue weighted by Crippen LogP contribution is 2.25. The van der Waals surface area contributed by atoms with Crippen molar-refractivity contribution < 1.29 is 9.59 Å². The third-order valence-corrected chi connectivity index (χ3v) is 6.09. The molecule has 3 rings (SSSR count). The van der Waals surface area contributed by atoms with E-state index in [2.05, 4.69) is 21.0 Å². The van der Waals surface area contributed by atoms with E-state index in [1.165, 1.54) is 0 Å². The molecule has 0 saturated carbocycles. The van der Waals surface area contributed by atoms with E-state index in [0.29, 0.717) is 16.8 Å². The van der Waals surface area contributed by atoms with Gasteiger partial charge < -0.3 is 10.6 Å². The van der Waals surface area contributed by atoms with Crippen molar-refractivity contribution in [3.8, 4) is 0 Å². The van der Waals surface area contributed by atoms with Crippen LogP contribution in [0.2, 0.25) is 0 Å². The summed E-state index contributed by atoms with van der Waals surface area (Å²) >= 11 is 3.34. The maximum absolute atomic E-state index is 12.6. The number of hydrogen-bond donors (Lipinski definition) is 2. The van der Waals surface area contributed by atoms with Crippen molar-refractivity contribution in [3.63, 3.8) is 0 Å². The average Bonchev–Trinajstić information content (AvgIpc) is 3.13. The highest BCUT2D eigenvalue weighted by molar-refractivity contribution is 7.98. The van der Waals surface area contributed by atoms with Gasteiger partial charge in [0.1, 0.15) is 0 Å². The largest absolute Gasteiger partial charge is 0.355 e. The fraction of sp³-hybridized carbons (Fsp3) is 0.190. The molecule has 5 nitrogen and oxygen atoms in total. The molecular formula is C21H21N3O2S2. The number of thiazole rings is 1. The average molecular weight is 412 g/mol. The lowest BCUT2D eigenvalue weighted by atomic mass is 10.1. The molecule has 0 unspecified atom stereocenters. The van der Waals surface area contributed by atoms with Gasteiger partial charge in [-0.05, 0) is 55.8 Å². The first kappa shape index (κ1) is 20.1. The van der Waals surface area contributed by atoms with E-state index in [1.807, 2.05) is 38.1 Å². The van der Waals surface area contributed by atoms with E-state index in [4.69, 9.17) is 0 Å². The Morgan fingerprint density at radius 2 is 1.82 bits per heavy atom. The molecule has 1 aromatic heterocycles. The van der Waals surface area contributed by atoms with Crippen molar-refractivity contribution in [3.05, 3.63) is 75.2 Å². The second-order valence-electron chi connectivity index (χ2n) is 6.18. The molecule has 0 bridgehead atoms. The van der Waals surface area contributed by atoms with E-state index in [0.717, 1.165) is 26.9 Å². The van der Waals surface area contributed by atoms with Gasteiger partial charge in [0.15, 0.2) is 0 Å². The molecule has 3 aromatic rings. The fourth-order valence-electron chi connectivity index (χ4n) is 2.68. The van der Waals surface area contributed by atoms with E-state index < -0.39 is 0 Å². The quantitative estimate of drug-likeness (QED) is 0.579. The van der Waals surface area contributed by atoms with E-state index >= 15 is 0 Å². The summed E-state index contributed by atoms with van der Waals surface area (Å²) in [6, 6.07) is 12.8. The lowest BCUT2D eigenvalue weighted by molar-refractivity contribution is 0.0960. The molecule has 144 valence electrons. The van der Waals surface area contributed by atoms with Gasteiger partial charge in [-0.3, -0.25) is 9.59 Å². The van der Waals surface area contributed by atoms with Gasteiger partial charge in [-0.1, -0.05) is 6.07 Å². The third kappa shape index (κ3) is 4.79. The summed E-state index contributed by atoms with van der Waals surface area (Å²) in [5.41, 5.74) is 3.55. The first-order valence-electron chi connectivity index (χ1n) is 8.75. The lowest BCUT2D eigenvalue weighted by Gasteiger charge is -2.12. The van der Waals surface area contributed by atoms with Crippen LogP contribution in [-0.4, -0.2) is 23.8 Å². The molecule has 0 aliphatic carbocycles. The number of nitrogens with one attached hydrogen (secondary N) is 2. The number of carbonyl (C=O) groups is 2. The Hall–Kier alpha value is -2.64. The Kier molecular flexibility index (Phi) is 6.49. The summed E-state index contributed by atoms with van der Waals surface area (Å²) < 4.78 is 0. The van der Waals surface area contributed by atoms with E-state index in [1.54, 1.807) is 48.3 Å². The predicted octanol–water partition coefficient (Wildman–Crippen LogP) is 4.66. The second-order valence-corrected chi connectivity index (χ2v) is 8.29. The van der Waals surface area contributed by atoms with Crippen molar-refractivity contribution in [1.82, 2.24) is 10.3 Å². The molecule has 0 spiro atoms. The molecule has 0 aliphatic heterocycles. The van der Waals surface area contributed by atoms with E-state index in [-0.39, 0.29) is 11.8 Å². The van der Waals surface area contributed by atoms with Crippen LogP contribution in [0.1, 0.15) is 37.0 Å². The van der Waals surface area contributed by atoms with Gasteiger partial charge in [0.25, 0.3) is 11.8 Å². The first-order valence-corrected chi connectivity index (χ1v) is 10.6. The summed E-state index contributed by atoms with van der Waals surface area (Å²) in [6.07, 6.45) is 0. The van der Waals surface area contributed by atoms with Gasteiger partial charge in [-0.2, -0.15) is 0 Å². The zero-order valence-corrected chi connectivity index (χ0v) is 17.5. The molecule has 0 radical (unpaired) electrons. The van der Waals surface area contributed by atoms with Crippen LogP contribution in [0.3, 0.4) is 0 Å². The lowest BCUT2D eigenvalue weighted by Crippen LogP contribution is -2.20. The van der Waals surface area contributed by atoms with Crippen LogP contribution in [-0.2, 0) is 5.75 Å². The summed E-state index contributed by atoms with van der Waals surface area (Å²) in [5.74, 6) is 0.426. The molecular weight excluding hydrogens is 390 g/mol. The number of aromatic nitrogens is 1. The minimum Gasteiger partial charge on any atom is -0.355 e. The summed E-state index contributed by atoms with van der Waals surface area (Å²) in [5, 5.41) is 8.64. The van der Waals surface area contributed by atoms with Gasteiger partial charge in [-0.15, -0.1) is 23.1 Å². The molecule has 2 N–H and O–H groups in total. The van der Waals surface area contributed by atoms with Crippen LogP contribution in [0.4, 0.5) is 5.69 Å². The molecule has 0 fully saturated rings. The normalized spacial score (nSPS) is 10.5. The molecule has 28 heavy (non-hydrogen) atoms. The van der Waals surface area contributed by atoms with E-state index in [9.17, 15) is 9.59 Å². The molecule has 2 aromatic carbocycles. The summed E-state index contributed by atoms with van der Waals surface area (Å²) in [4.78, 5) is 30.0. The Morgan fingerprint density at radius 3 is 2.46 bits per heavy atom. The topological polar surface area (TPSA) is 71.1 Å². The molecule has 7 heteroatoms. The van der Waals surface area contributed by atoms with Gasteiger partial charge in [-0.25, -0.2) is 4.98 Å². The Morgan fingerprint density at radius 1 is 1.07 bits per heavy atom. The second kappa shape index (κ2) is 9.03.